The SMILES string of the molecule is N#CCCc1nc(-c2ncccc2Br)no1. The van der Waals surface area contributed by atoms with E-state index >= 15 is 0 Å². The number of pyridine rings is 1. The summed E-state index contributed by atoms with van der Waals surface area (Å²) in [4.78, 5) is 8.30. The maximum absolute atomic E-state index is 8.44. The van der Waals surface area contributed by atoms with Crippen LogP contribution in [0.25, 0.3) is 11.5 Å². The van der Waals surface area contributed by atoms with Crippen LogP contribution >= 0.6 is 15.9 Å². The topological polar surface area (TPSA) is 75.6 Å². The Kier molecular flexibility index (Phi) is 3.27. The highest BCUT2D eigenvalue weighted by molar-refractivity contribution is 9.10. The summed E-state index contributed by atoms with van der Waals surface area (Å²) < 4.78 is 5.81. The molecule has 0 saturated carbocycles. The Balaban J connectivity index is 2.26. The molecule has 0 bridgehead atoms. The van der Waals surface area contributed by atoms with Gasteiger partial charge in [0.25, 0.3) is 0 Å². The number of hydrogen-bond donors (Lipinski definition) is 0. The van der Waals surface area contributed by atoms with E-state index in [9.17, 15) is 0 Å². The average molecular weight is 279 g/mol. The summed E-state index contributed by atoms with van der Waals surface area (Å²) in [5.41, 5.74) is 0.634. The first-order valence-corrected chi connectivity index (χ1v) is 5.41. The molecule has 0 spiro atoms. The monoisotopic (exact) mass is 278 g/mol. The second-order valence-electron chi connectivity index (χ2n) is 3.00. The van der Waals surface area contributed by atoms with E-state index in [4.69, 9.17) is 9.78 Å². The van der Waals surface area contributed by atoms with Gasteiger partial charge in [-0.3, -0.25) is 4.98 Å². The average Bonchev–Trinajstić information content (AvgIpc) is 2.75. The number of halogens is 1. The summed E-state index contributed by atoms with van der Waals surface area (Å²) in [5, 5.41) is 12.2. The highest BCUT2D eigenvalue weighted by Crippen LogP contribution is 2.22. The van der Waals surface area contributed by atoms with E-state index in [2.05, 4.69) is 31.1 Å². The lowest BCUT2D eigenvalue weighted by molar-refractivity contribution is 0.380. The Morgan fingerprint density at radius 2 is 2.38 bits per heavy atom. The van der Waals surface area contributed by atoms with Gasteiger partial charge in [0.15, 0.2) is 0 Å². The van der Waals surface area contributed by atoms with E-state index in [0.717, 1.165) is 4.47 Å². The molecule has 0 N–H and O–H groups in total. The Labute approximate surface area is 100 Å². The third-order valence-electron chi connectivity index (χ3n) is 1.89. The number of hydrogen-bond acceptors (Lipinski definition) is 5. The summed E-state index contributed by atoms with van der Waals surface area (Å²) in [7, 11) is 0. The van der Waals surface area contributed by atoms with Crippen LogP contribution in [0.4, 0.5) is 0 Å². The van der Waals surface area contributed by atoms with Gasteiger partial charge in [-0.15, -0.1) is 0 Å². The molecule has 5 nitrogen and oxygen atoms in total. The minimum atomic E-state index is 0.366. The van der Waals surface area contributed by atoms with E-state index in [0.29, 0.717) is 30.3 Å². The molecule has 16 heavy (non-hydrogen) atoms. The highest BCUT2D eigenvalue weighted by Gasteiger charge is 2.11. The maximum atomic E-state index is 8.44. The van der Waals surface area contributed by atoms with Crippen molar-refractivity contribution in [3.8, 4) is 17.6 Å². The molecule has 0 amide bonds. The van der Waals surface area contributed by atoms with Crippen LogP contribution in [0.3, 0.4) is 0 Å². The van der Waals surface area contributed by atoms with Gasteiger partial charge in [0.2, 0.25) is 11.7 Å². The molecule has 2 heterocycles. The number of aromatic nitrogens is 3. The molecule has 0 atom stereocenters. The molecule has 0 unspecified atom stereocenters. The van der Waals surface area contributed by atoms with Gasteiger partial charge < -0.3 is 4.52 Å². The van der Waals surface area contributed by atoms with Crippen molar-refractivity contribution < 1.29 is 4.52 Å². The molecule has 0 aliphatic heterocycles. The van der Waals surface area contributed by atoms with Crippen molar-refractivity contribution in [3.63, 3.8) is 0 Å². The van der Waals surface area contributed by atoms with Gasteiger partial charge in [-0.1, -0.05) is 5.16 Å². The molecular weight excluding hydrogens is 272 g/mol. The highest BCUT2D eigenvalue weighted by atomic mass is 79.9. The lowest BCUT2D eigenvalue weighted by Crippen LogP contribution is -1.88. The minimum Gasteiger partial charge on any atom is -0.339 e. The van der Waals surface area contributed by atoms with E-state index in [1.807, 2.05) is 18.2 Å². The van der Waals surface area contributed by atoms with Crippen molar-refractivity contribution >= 4 is 15.9 Å². The van der Waals surface area contributed by atoms with Gasteiger partial charge in [0.1, 0.15) is 5.69 Å². The van der Waals surface area contributed by atoms with Crippen LogP contribution in [0, 0.1) is 11.3 Å². The molecule has 2 aromatic rings. The van der Waals surface area contributed by atoms with Crippen LogP contribution in [0.1, 0.15) is 12.3 Å². The van der Waals surface area contributed by atoms with Crippen molar-refractivity contribution in [1.29, 1.82) is 5.26 Å². The number of rotatable bonds is 3. The maximum Gasteiger partial charge on any atom is 0.228 e. The number of aryl methyl sites for hydroxylation is 1. The summed E-state index contributed by atoms with van der Waals surface area (Å²) >= 11 is 3.36. The second kappa shape index (κ2) is 4.86. The van der Waals surface area contributed by atoms with Gasteiger partial charge in [0.05, 0.1) is 6.07 Å². The first-order valence-electron chi connectivity index (χ1n) is 4.61. The fourth-order valence-electron chi connectivity index (χ4n) is 1.17. The lowest BCUT2D eigenvalue weighted by Gasteiger charge is -1.94. The van der Waals surface area contributed by atoms with E-state index in [1.165, 1.54) is 0 Å². The summed E-state index contributed by atoms with van der Waals surface area (Å²) in [5.74, 6) is 0.884. The second-order valence-corrected chi connectivity index (χ2v) is 3.86. The smallest absolute Gasteiger partial charge is 0.228 e. The molecule has 2 aromatic heterocycles. The summed E-state index contributed by atoms with van der Waals surface area (Å²) in [6.45, 7) is 0. The summed E-state index contributed by atoms with van der Waals surface area (Å²) in [6, 6.07) is 5.69. The zero-order chi connectivity index (χ0) is 11.4. The molecule has 2 rings (SSSR count). The van der Waals surface area contributed by atoms with E-state index in [1.54, 1.807) is 6.20 Å². The molecule has 0 radical (unpaired) electrons. The van der Waals surface area contributed by atoms with Gasteiger partial charge in [-0.05, 0) is 28.1 Å². The molecule has 0 saturated heterocycles. The quantitative estimate of drug-likeness (QED) is 0.861. The predicted octanol–water partition coefficient (Wildman–Crippen LogP) is 2.35. The standard InChI is InChI=1S/C10H7BrN4O/c11-7-3-2-6-13-9(7)10-14-8(16-15-10)4-1-5-12/h2-3,6H,1,4H2. The Bertz CT molecular complexity index is 532. The third kappa shape index (κ3) is 2.25. The lowest BCUT2D eigenvalue weighted by atomic mass is 10.3. The molecular formula is C10H7BrN4O. The van der Waals surface area contributed by atoms with Crippen LogP contribution in [-0.2, 0) is 6.42 Å². The molecule has 80 valence electrons. The van der Waals surface area contributed by atoms with Gasteiger partial charge in [-0.25, -0.2) is 0 Å². The predicted molar refractivity (Wildman–Crippen MR) is 59.2 cm³/mol. The van der Waals surface area contributed by atoms with Crippen LogP contribution in [0.5, 0.6) is 0 Å². The molecule has 0 aliphatic carbocycles. The minimum absolute atomic E-state index is 0.366. The van der Waals surface area contributed by atoms with E-state index in [-0.39, 0.29) is 0 Å². The summed E-state index contributed by atoms with van der Waals surface area (Å²) in [6.07, 6.45) is 2.49. The molecule has 0 fully saturated rings. The van der Waals surface area contributed by atoms with Crippen molar-refractivity contribution in [1.82, 2.24) is 15.1 Å². The number of nitriles is 1. The van der Waals surface area contributed by atoms with Crippen LogP contribution in [-0.4, -0.2) is 15.1 Å². The Morgan fingerprint density at radius 3 is 3.12 bits per heavy atom. The van der Waals surface area contributed by atoms with E-state index < -0.39 is 0 Å². The fraction of sp³-hybridized carbons (Fsp3) is 0.200. The van der Waals surface area contributed by atoms with Crippen molar-refractivity contribution in [2.24, 2.45) is 0 Å². The Hall–Kier alpha value is -1.74. The molecule has 0 aliphatic rings. The first-order chi connectivity index (χ1) is 7.81. The third-order valence-corrected chi connectivity index (χ3v) is 2.53. The van der Waals surface area contributed by atoms with Crippen molar-refractivity contribution in [2.45, 2.75) is 12.8 Å². The van der Waals surface area contributed by atoms with Gasteiger partial charge in [0, 0.05) is 23.5 Å². The van der Waals surface area contributed by atoms with Gasteiger partial charge in [-0.2, -0.15) is 10.2 Å². The van der Waals surface area contributed by atoms with Crippen molar-refractivity contribution in [2.75, 3.05) is 0 Å². The largest absolute Gasteiger partial charge is 0.339 e. The zero-order valence-corrected chi connectivity index (χ0v) is 9.81. The Morgan fingerprint density at radius 1 is 1.50 bits per heavy atom. The van der Waals surface area contributed by atoms with Crippen LogP contribution < -0.4 is 0 Å². The normalized spacial score (nSPS) is 10.0. The molecule has 6 heteroatoms. The van der Waals surface area contributed by atoms with Crippen LogP contribution in [0.2, 0.25) is 0 Å². The van der Waals surface area contributed by atoms with Crippen molar-refractivity contribution in [3.05, 3.63) is 28.7 Å². The van der Waals surface area contributed by atoms with Crippen LogP contribution in [0.15, 0.2) is 27.3 Å². The fourth-order valence-corrected chi connectivity index (χ4v) is 1.60. The van der Waals surface area contributed by atoms with Gasteiger partial charge >= 0.3 is 0 Å². The number of nitrogens with zero attached hydrogens (tertiary/aromatic N) is 4. The first kappa shape index (κ1) is 10.8. The zero-order valence-electron chi connectivity index (χ0n) is 8.22. The molecule has 0 aromatic carbocycles.